The van der Waals surface area contributed by atoms with Crippen LogP contribution in [-0.2, 0) is 0 Å². The van der Waals surface area contributed by atoms with Gasteiger partial charge in [0.15, 0.2) is 0 Å². The van der Waals surface area contributed by atoms with E-state index in [2.05, 4.69) is 27.2 Å². The number of aromatic nitrogens is 2. The van der Waals surface area contributed by atoms with Gasteiger partial charge in [0.05, 0.1) is 0 Å². The molecule has 3 N–H and O–H groups in total. The van der Waals surface area contributed by atoms with Crippen LogP contribution < -0.4 is 16.0 Å². The Balaban J connectivity index is 1.85. The standard InChI is InChI=1S/C14H25N5/c1-11(15)9-16-13-8-14(18-10-17-13)19(2)7-6-12-4-3-5-12/h8,10-12H,3-7,9,15H2,1-2H3,(H,16,17,18). The van der Waals surface area contributed by atoms with Crippen LogP contribution in [0, 0.1) is 5.92 Å². The van der Waals surface area contributed by atoms with Crippen LogP contribution in [0.5, 0.6) is 0 Å². The summed E-state index contributed by atoms with van der Waals surface area (Å²) in [7, 11) is 2.09. The van der Waals surface area contributed by atoms with Gasteiger partial charge in [0.2, 0.25) is 0 Å². The molecular formula is C14H25N5. The van der Waals surface area contributed by atoms with Crippen LogP contribution in [0.4, 0.5) is 11.6 Å². The van der Waals surface area contributed by atoms with Crippen molar-refractivity contribution in [2.24, 2.45) is 11.7 Å². The molecule has 1 aliphatic rings. The zero-order valence-electron chi connectivity index (χ0n) is 12.0. The van der Waals surface area contributed by atoms with Crippen molar-refractivity contribution < 1.29 is 0 Å². The number of hydrogen-bond acceptors (Lipinski definition) is 5. The minimum absolute atomic E-state index is 0.120. The molecule has 106 valence electrons. The van der Waals surface area contributed by atoms with Gasteiger partial charge in [-0.15, -0.1) is 0 Å². The summed E-state index contributed by atoms with van der Waals surface area (Å²) < 4.78 is 0. The first-order chi connectivity index (χ1) is 9.15. The van der Waals surface area contributed by atoms with Gasteiger partial charge in [-0.2, -0.15) is 0 Å². The summed E-state index contributed by atoms with van der Waals surface area (Å²) >= 11 is 0. The van der Waals surface area contributed by atoms with Crippen LogP contribution >= 0.6 is 0 Å². The fourth-order valence-electron chi connectivity index (χ4n) is 2.19. The maximum absolute atomic E-state index is 5.72. The van der Waals surface area contributed by atoms with Crippen molar-refractivity contribution in [3.05, 3.63) is 12.4 Å². The molecule has 19 heavy (non-hydrogen) atoms. The Labute approximate surface area is 115 Å². The second kappa shape index (κ2) is 6.70. The van der Waals surface area contributed by atoms with E-state index in [1.165, 1.54) is 25.7 Å². The molecule has 1 saturated carbocycles. The molecule has 1 aromatic rings. The van der Waals surface area contributed by atoms with E-state index in [0.717, 1.165) is 30.6 Å². The Morgan fingerprint density at radius 3 is 2.89 bits per heavy atom. The zero-order chi connectivity index (χ0) is 13.7. The highest BCUT2D eigenvalue weighted by molar-refractivity contribution is 5.47. The minimum Gasteiger partial charge on any atom is -0.368 e. The molecule has 5 heteroatoms. The Morgan fingerprint density at radius 2 is 2.26 bits per heavy atom. The zero-order valence-corrected chi connectivity index (χ0v) is 12.0. The molecule has 0 aliphatic heterocycles. The van der Waals surface area contributed by atoms with Crippen molar-refractivity contribution in [2.45, 2.75) is 38.6 Å². The third kappa shape index (κ3) is 4.35. The van der Waals surface area contributed by atoms with Gasteiger partial charge in [0.1, 0.15) is 18.0 Å². The number of anilines is 2. The van der Waals surface area contributed by atoms with E-state index in [0.29, 0.717) is 0 Å². The highest BCUT2D eigenvalue weighted by atomic mass is 15.2. The van der Waals surface area contributed by atoms with Crippen molar-refractivity contribution in [3.63, 3.8) is 0 Å². The first-order valence-corrected chi connectivity index (χ1v) is 7.18. The second-order valence-electron chi connectivity index (χ2n) is 5.63. The highest BCUT2D eigenvalue weighted by Crippen LogP contribution is 2.29. The molecule has 5 nitrogen and oxygen atoms in total. The molecule has 0 saturated heterocycles. The quantitative estimate of drug-likeness (QED) is 0.786. The molecule has 1 aliphatic carbocycles. The molecule has 1 unspecified atom stereocenters. The number of hydrogen-bond donors (Lipinski definition) is 2. The van der Waals surface area contributed by atoms with Crippen LogP contribution in [0.15, 0.2) is 12.4 Å². The van der Waals surface area contributed by atoms with Gasteiger partial charge in [-0.05, 0) is 19.3 Å². The maximum Gasteiger partial charge on any atom is 0.133 e. The van der Waals surface area contributed by atoms with Crippen LogP contribution in [0.2, 0.25) is 0 Å². The Hall–Kier alpha value is -1.36. The monoisotopic (exact) mass is 263 g/mol. The van der Waals surface area contributed by atoms with Crippen molar-refractivity contribution in [1.29, 1.82) is 0 Å². The summed E-state index contributed by atoms with van der Waals surface area (Å²) in [5.74, 6) is 2.75. The molecule has 1 heterocycles. The van der Waals surface area contributed by atoms with Crippen molar-refractivity contribution in [3.8, 4) is 0 Å². The van der Waals surface area contributed by atoms with Crippen molar-refractivity contribution in [2.75, 3.05) is 30.4 Å². The van der Waals surface area contributed by atoms with Gasteiger partial charge in [-0.3, -0.25) is 0 Å². The number of rotatable bonds is 7. The maximum atomic E-state index is 5.72. The van der Waals surface area contributed by atoms with Gasteiger partial charge < -0.3 is 16.0 Å². The average molecular weight is 263 g/mol. The fraction of sp³-hybridized carbons (Fsp3) is 0.714. The van der Waals surface area contributed by atoms with E-state index in [-0.39, 0.29) is 6.04 Å². The van der Waals surface area contributed by atoms with Crippen LogP contribution in [0.25, 0.3) is 0 Å². The Kier molecular flexibility index (Phi) is 4.96. The van der Waals surface area contributed by atoms with E-state index in [9.17, 15) is 0 Å². The number of nitrogens with zero attached hydrogens (tertiary/aromatic N) is 3. The molecular weight excluding hydrogens is 238 g/mol. The van der Waals surface area contributed by atoms with Crippen LogP contribution in [0.3, 0.4) is 0 Å². The van der Waals surface area contributed by atoms with E-state index in [1.54, 1.807) is 6.33 Å². The molecule has 2 rings (SSSR count). The molecule has 0 spiro atoms. The molecule has 0 bridgehead atoms. The first-order valence-electron chi connectivity index (χ1n) is 7.18. The summed E-state index contributed by atoms with van der Waals surface area (Å²) in [5.41, 5.74) is 5.72. The van der Waals surface area contributed by atoms with Crippen LogP contribution in [-0.4, -0.2) is 36.1 Å². The van der Waals surface area contributed by atoms with Crippen molar-refractivity contribution >= 4 is 11.6 Å². The molecule has 1 fully saturated rings. The third-order valence-corrected chi connectivity index (χ3v) is 3.75. The normalized spacial score (nSPS) is 16.8. The van der Waals surface area contributed by atoms with Gasteiger partial charge in [-0.25, -0.2) is 9.97 Å². The summed E-state index contributed by atoms with van der Waals surface area (Å²) in [6.45, 7) is 3.76. The predicted molar refractivity (Wildman–Crippen MR) is 79.4 cm³/mol. The molecule has 1 aromatic heterocycles. The Bertz CT molecular complexity index is 389. The molecule has 0 radical (unpaired) electrons. The third-order valence-electron chi connectivity index (χ3n) is 3.75. The lowest BCUT2D eigenvalue weighted by molar-refractivity contribution is 0.299. The summed E-state index contributed by atoms with van der Waals surface area (Å²) in [4.78, 5) is 10.7. The summed E-state index contributed by atoms with van der Waals surface area (Å²) in [5, 5.41) is 3.22. The molecule has 0 aromatic carbocycles. The Morgan fingerprint density at radius 1 is 1.47 bits per heavy atom. The van der Waals surface area contributed by atoms with E-state index in [4.69, 9.17) is 5.73 Å². The second-order valence-corrected chi connectivity index (χ2v) is 5.63. The van der Waals surface area contributed by atoms with Gasteiger partial charge in [0, 0.05) is 32.2 Å². The largest absolute Gasteiger partial charge is 0.368 e. The summed E-state index contributed by atoms with van der Waals surface area (Å²) in [6, 6.07) is 2.11. The smallest absolute Gasteiger partial charge is 0.133 e. The number of nitrogens with two attached hydrogens (primary N) is 1. The lowest BCUT2D eigenvalue weighted by atomic mass is 9.83. The lowest BCUT2D eigenvalue weighted by Crippen LogP contribution is -2.26. The highest BCUT2D eigenvalue weighted by Gasteiger charge is 2.17. The lowest BCUT2D eigenvalue weighted by Gasteiger charge is -2.28. The van der Waals surface area contributed by atoms with Gasteiger partial charge >= 0.3 is 0 Å². The SMILES string of the molecule is CC(N)CNc1cc(N(C)CCC2CCC2)ncn1. The predicted octanol–water partition coefficient (Wildman–Crippen LogP) is 1.86. The first kappa shape index (κ1) is 14.1. The van der Waals surface area contributed by atoms with E-state index >= 15 is 0 Å². The topological polar surface area (TPSA) is 67.1 Å². The van der Waals surface area contributed by atoms with Crippen LogP contribution in [0.1, 0.15) is 32.6 Å². The van der Waals surface area contributed by atoms with Gasteiger partial charge in [0.25, 0.3) is 0 Å². The minimum atomic E-state index is 0.120. The molecule has 1 atom stereocenters. The summed E-state index contributed by atoms with van der Waals surface area (Å²) in [6.07, 6.45) is 7.09. The fourth-order valence-corrected chi connectivity index (χ4v) is 2.19. The van der Waals surface area contributed by atoms with E-state index in [1.807, 2.05) is 13.0 Å². The van der Waals surface area contributed by atoms with Gasteiger partial charge in [-0.1, -0.05) is 19.3 Å². The van der Waals surface area contributed by atoms with Crippen molar-refractivity contribution in [1.82, 2.24) is 9.97 Å². The van der Waals surface area contributed by atoms with E-state index < -0.39 is 0 Å². The molecule has 0 amide bonds. The number of nitrogens with one attached hydrogen (secondary N) is 1. The average Bonchev–Trinajstić information content (AvgIpc) is 2.34.